The molecule has 0 aliphatic heterocycles. The molecule has 104 valence electrons. The minimum atomic E-state index is -0.845. The summed E-state index contributed by atoms with van der Waals surface area (Å²) >= 11 is 0. The molecule has 0 bridgehead atoms. The number of carbonyl (C=O) groups is 1. The van der Waals surface area contributed by atoms with Crippen LogP contribution in [0.3, 0.4) is 0 Å². The van der Waals surface area contributed by atoms with Crippen LogP contribution in [0.2, 0.25) is 0 Å². The maximum atomic E-state index is 11.3. The zero-order chi connectivity index (χ0) is 14.1. The van der Waals surface area contributed by atoms with E-state index >= 15 is 0 Å². The Kier molecular flexibility index (Phi) is 6.57. The van der Waals surface area contributed by atoms with Crippen molar-refractivity contribution in [2.75, 3.05) is 6.61 Å². The van der Waals surface area contributed by atoms with E-state index in [1.807, 2.05) is 30.3 Å². The van der Waals surface area contributed by atoms with E-state index in [0.29, 0.717) is 12.8 Å². The fraction of sp³-hybridized carbons (Fsp3) is 0.500. The largest absolute Gasteiger partial charge is 0.466 e. The number of esters is 1. The Morgan fingerprint density at radius 1 is 1.37 bits per heavy atom. The molecule has 0 spiro atoms. The van der Waals surface area contributed by atoms with Crippen LogP contribution in [0.1, 0.15) is 31.7 Å². The van der Waals surface area contributed by atoms with Crippen molar-refractivity contribution in [3.63, 3.8) is 0 Å². The second-order valence-electron chi connectivity index (χ2n) is 4.33. The Balaban J connectivity index is 2.38. The van der Waals surface area contributed by atoms with Crippen molar-refractivity contribution in [2.24, 2.45) is 0 Å². The Morgan fingerprint density at radius 2 is 2.05 bits per heavy atom. The number of hydrogen-bond acceptors (Lipinski definition) is 4. The van der Waals surface area contributed by atoms with Crippen LogP contribution in [0.4, 0.5) is 0 Å². The van der Waals surface area contributed by atoms with E-state index in [1.54, 1.807) is 6.92 Å². The lowest BCUT2D eigenvalue weighted by Gasteiger charge is -2.09. The lowest BCUT2D eigenvalue weighted by Crippen LogP contribution is -2.24. The lowest BCUT2D eigenvalue weighted by atomic mass is 10.0. The molecule has 1 unspecified atom stereocenters. The number of benzene rings is 1. The average Bonchev–Trinajstić information content (AvgIpc) is 2.39. The molecule has 1 aromatic rings. The van der Waals surface area contributed by atoms with Crippen molar-refractivity contribution in [1.29, 1.82) is 0 Å². The molecule has 0 radical (unpaired) electrons. The minimum Gasteiger partial charge on any atom is -0.466 e. The number of rotatable bonds is 8. The molecule has 0 saturated carbocycles. The van der Waals surface area contributed by atoms with Gasteiger partial charge in [-0.2, -0.15) is 0 Å². The Hall–Kier alpha value is -1.91. The molecule has 1 rings (SSSR count). The van der Waals surface area contributed by atoms with E-state index in [-0.39, 0.29) is 18.0 Å². The highest BCUT2D eigenvalue weighted by Crippen LogP contribution is 2.11. The summed E-state index contributed by atoms with van der Waals surface area (Å²) < 4.78 is 4.74. The number of carbonyl (C=O) groups excluding carboxylic acids is 1. The van der Waals surface area contributed by atoms with E-state index < -0.39 is 12.0 Å². The van der Waals surface area contributed by atoms with Gasteiger partial charge < -0.3 is 4.74 Å². The van der Waals surface area contributed by atoms with Crippen LogP contribution in [-0.2, 0) is 16.0 Å². The van der Waals surface area contributed by atoms with Crippen LogP contribution < -0.4 is 0 Å². The van der Waals surface area contributed by atoms with Gasteiger partial charge in [0, 0.05) is 11.3 Å². The minimum absolute atomic E-state index is 0.143. The molecular weight excluding hydrogens is 246 g/mol. The van der Waals surface area contributed by atoms with Crippen LogP contribution in [0.5, 0.6) is 0 Å². The number of nitro groups is 1. The van der Waals surface area contributed by atoms with Crippen LogP contribution in [0.15, 0.2) is 30.3 Å². The molecule has 0 heterocycles. The first-order valence-corrected chi connectivity index (χ1v) is 6.46. The SMILES string of the molecule is CCOC(=O)CC(CCCc1ccccc1)[N+](=O)[O-]. The van der Waals surface area contributed by atoms with E-state index in [4.69, 9.17) is 4.74 Å². The summed E-state index contributed by atoms with van der Waals surface area (Å²) in [6.07, 6.45) is 1.72. The molecular formula is C14H19NO4. The standard InChI is InChI=1S/C14H19NO4/c1-2-19-14(16)11-13(15(17)18)10-6-9-12-7-4-3-5-8-12/h3-5,7-8,13H,2,6,9-11H2,1H3. The molecule has 5 nitrogen and oxygen atoms in total. The molecule has 1 atom stereocenters. The van der Waals surface area contributed by atoms with E-state index in [1.165, 1.54) is 0 Å². The molecule has 5 heteroatoms. The lowest BCUT2D eigenvalue weighted by molar-refractivity contribution is -0.522. The van der Waals surface area contributed by atoms with Gasteiger partial charge in [-0.05, 0) is 25.3 Å². The highest BCUT2D eigenvalue weighted by atomic mass is 16.6. The van der Waals surface area contributed by atoms with E-state index in [2.05, 4.69) is 0 Å². The first kappa shape index (κ1) is 15.1. The third kappa shape index (κ3) is 5.99. The van der Waals surface area contributed by atoms with Gasteiger partial charge in [-0.3, -0.25) is 14.9 Å². The maximum Gasteiger partial charge on any atom is 0.312 e. The van der Waals surface area contributed by atoms with Gasteiger partial charge in [0.15, 0.2) is 0 Å². The van der Waals surface area contributed by atoms with Gasteiger partial charge in [-0.15, -0.1) is 0 Å². The maximum absolute atomic E-state index is 11.3. The van der Waals surface area contributed by atoms with Gasteiger partial charge in [0.25, 0.3) is 0 Å². The average molecular weight is 265 g/mol. The third-order valence-electron chi connectivity index (χ3n) is 2.85. The van der Waals surface area contributed by atoms with Crippen molar-refractivity contribution in [1.82, 2.24) is 0 Å². The quantitative estimate of drug-likeness (QED) is 0.411. The van der Waals surface area contributed by atoms with E-state index in [0.717, 1.165) is 12.0 Å². The van der Waals surface area contributed by atoms with Crippen molar-refractivity contribution in [3.8, 4) is 0 Å². The van der Waals surface area contributed by atoms with Crippen molar-refractivity contribution in [3.05, 3.63) is 46.0 Å². The number of hydrogen-bond donors (Lipinski definition) is 0. The zero-order valence-electron chi connectivity index (χ0n) is 11.1. The van der Waals surface area contributed by atoms with Crippen molar-refractivity contribution < 1.29 is 14.5 Å². The molecule has 0 fully saturated rings. The van der Waals surface area contributed by atoms with Crippen molar-refractivity contribution >= 4 is 5.97 Å². The third-order valence-corrected chi connectivity index (χ3v) is 2.85. The molecule has 0 aliphatic rings. The molecule has 0 saturated heterocycles. The van der Waals surface area contributed by atoms with Gasteiger partial charge in [0.1, 0.15) is 6.42 Å². The number of nitrogens with zero attached hydrogens (tertiary/aromatic N) is 1. The van der Waals surface area contributed by atoms with Crippen LogP contribution in [0.25, 0.3) is 0 Å². The van der Waals surface area contributed by atoms with Gasteiger partial charge in [0.05, 0.1) is 6.61 Å². The first-order chi connectivity index (χ1) is 9.13. The summed E-state index contributed by atoms with van der Waals surface area (Å²) in [5, 5.41) is 10.9. The van der Waals surface area contributed by atoms with Gasteiger partial charge in [-0.1, -0.05) is 30.3 Å². The summed E-state index contributed by atoms with van der Waals surface area (Å²) in [5.74, 6) is -0.496. The first-order valence-electron chi connectivity index (χ1n) is 6.46. The fourth-order valence-electron chi connectivity index (χ4n) is 1.88. The predicted octanol–water partition coefficient (Wildman–Crippen LogP) is 2.61. The van der Waals surface area contributed by atoms with Gasteiger partial charge in [0.2, 0.25) is 6.04 Å². The smallest absolute Gasteiger partial charge is 0.312 e. The Bertz CT molecular complexity index is 405. The molecule has 19 heavy (non-hydrogen) atoms. The van der Waals surface area contributed by atoms with Crippen LogP contribution in [0, 0.1) is 10.1 Å². The number of ether oxygens (including phenoxy) is 1. The Morgan fingerprint density at radius 3 is 2.63 bits per heavy atom. The number of aryl methyl sites for hydroxylation is 1. The summed E-state index contributed by atoms with van der Waals surface area (Å²) in [6.45, 7) is 1.95. The summed E-state index contributed by atoms with van der Waals surface area (Å²) in [7, 11) is 0. The molecule has 1 aromatic carbocycles. The molecule has 0 amide bonds. The molecule has 0 aromatic heterocycles. The highest BCUT2D eigenvalue weighted by molar-refractivity contribution is 5.69. The van der Waals surface area contributed by atoms with E-state index in [9.17, 15) is 14.9 Å². The molecule has 0 N–H and O–H groups in total. The second-order valence-corrected chi connectivity index (χ2v) is 4.33. The van der Waals surface area contributed by atoms with Gasteiger partial charge >= 0.3 is 5.97 Å². The monoisotopic (exact) mass is 265 g/mol. The molecule has 0 aliphatic carbocycles. The normalized spacial score (nSPS) is 11.8. The van der Waals surface area contributed by atoms with Crippen LogP contribution >= 0.6 is 0 Å². The summed E-state index contributed by atoms with van der Waals surface area (Å²) in [6, 6.07) is 8.96. The van der Waals surface area contributed by atoms with Gasteiger partial charge in [-0.25, -0.2) is 0 Å². The highest BCUT2D eigenvalue weighted by Gasteiger charge is 2.24. The summed E-state index contributed by atoms with van der Waals surface area (Å²) in [5.41, 5.74) is 1.15. The van der Waals surface area contributed by atoms with Crippen LogP contribution in [-0.4, -0.2) is 23.5 Å². The summed E-state index contributed by atoms with van der Waals surface area (Å²) in [4.78, 5) is 21.8. The Labute approximate surface area is 112 Å². The topological polar surface area (TPSA) is 69.4 Å². The predicted molar refractivity (Wildman–Crippen MR) is 71.4 cm³/mol. The second kappa shape index (κ2) is 8.24. The fourth-order valence-corrected chi connectivity index (χ4v) is 1.88. The van der Waals surface area contributed by atoms with Crippen molar-refractivity contribution in [2.45, 2.75) is 38.6 Å². The zero-order valence-corrected chi connectivity index (χ0v) is 11.1.